The standard InChI is InChI=1S/C13H18BrNO2S2/c1-10-8-15(9-11(2)18-10)19(16,17)13-5-3-12(7-14)4-6-13/h3-6,10-11H,7-9H2,1-2H3. The summed E-state index contributed by atoms with van der Waals surface area (Å²) in [6.45, 7) is 5.35. The van der Waals surface area contributed by atoms with E-state index in [1.807, 2.05) is 23.9 Å². The Morgan fingerprint density at radius 1 is 1.21 bits per heavy atom. The average Bonchev–Trinajstić information content (AvgIpc) is 2.37. The molecule has 1 heterocycles. The van der Waals surface area contributed by atoms with Crippen LogP contribution in [0.15, 0.2) is 29.2 Å². The summed E-state index contributed by atoms with van der Waals surface area (Å²) in [6.07, 6.45) is 0. The van der Waals surface area contributed by atoms with Gasteiger partial charge in [-0.2, -0.15) is 16.1 Å². The van der Waals surface area contributed by atoms with Crippen molar-refractivity contribution in [3.63, 3.8) is 0 Å². The highest BCUT2D eigenvalue weighted by molar-refractivity contribution is 9.08. The van der Waals surface area contributed by atoms with Crippen molar-refractivity contribution in [1.82, 2.24) is 4.31 Å². The van der Waals surface area contributed by atoms with Gasteiger partial charge in [-0.25, -0.2) is 8.42 Å². The second kappa shape index (κ2) is 6.16. The Balaban J connectivity index is 2.25. The van der Waals surface area contributed by atoms with Crippen molar-refractivity contribution in [3.05, 3.63) is 29.8 Å². The van der Waals surface area contributed by atoms with Crippen LogP contribution >= 0.6 is 27.7 Å². The first kappa shape index (κ1) is 15.4. The van der Waals surface area contributed by atoms with E-state index in [-0.39, 0.29) is 0 Å². The van der Waals surface area contributed by atoms with Crippen molar-refractivity contribution in [3.8, 4) is 0 Å². The van der Waals surface area contributed by atoms with Crippen LogP contribution in [0.5, 0.6) is 0 Å². The van der Waals surface area contributed by atoms with E-state index >= 15 is 0 Å². The van der Waals surface area contributed by atoms with Gasteiger partial charge in [0.15, 0.2) is 0 Å². The fourth-order valence-electron chi connectivity index (χ4n) is 2.23. The maximum atomic E-state index is 12.6. The van der Waals surface area contributed by atoms with Gasteiger partial charge in [-0.05, 0) is 17.7 Å². The van der Waals surface area contributed by atoms with Gasteiger partial charge in [0.1, 0.15) is 0 Å². The first-order valence-corrected chi connectivity index (χ1v) is 9.74. The Kier molecular flexibility index (Phi) is 4.98. The van der Waals surface area contributed by atoms with Gasteiger partial charge in [0.05, 0.1) is 4.90 Å². The lowest BCUT2D eigenvalue weighted by molar-refractivity contribution is 0.405. The summed E-state index contributed by atoms with van der Waals surface area (Å²) in [7, 11) is -3.35. The molecule has 2 atom stereocenters. The molecule has 1 aliphatic heterocycles. The van der Waals surface area contributed by atoms with Gasteiger partial charge in [0.25, 0.3) is 0 Å². The highest BCUT2D eigenvalue weighted by Gasteiger charge is 2.31. The largest absolute Gasteiger partial charge is 0.243 e. The Labute approximate surface area is 127 Å². The molecule has 0 amide bonds. The van der Waals surface area contributed by atoms with Gasteiger partial charge >= 0.3 is 0 Å². The van der Waals surface area contributed by atoms with Crippen molar-refractivity contribution in [2.45, 2.75) is 34.6 Å². The molecule has 6 heteroatoms. The highest BCUT2D eigenvalue weighted by atomic mass is 79.9. The van der Waals surface area contributed by atoms with E-state index in [2.05, 4.69) is 29.8 Å². The lowest BCUT2D eigenvalue weighted by atomic mass is 10.2. The van der Waals surface area contributed by atoms with Crippen molar-refractivity contribution in [2.24, 2.45) is 0 Å². The van der Waals surface area contributed by atoms with Crippen LogP contribution < -0.4 is 0 Å². The number of sulfonamides is 1. The number of rotatable bonds is 3. The maximum Gasteiger partial charge on any atom is 0.243 e. The van der Waals surface area contributed by atoms with Gasteiger partial charge in [-0.3, -0.25) is 0 Å². The van der Waals surface area contributed by atoms with Crippen LogP contribution in [0.4, 0.5) is 0 Å². The second-order valence-corrected chi connectivity index (χ2v) is 9.24. The molecule has 2 unspecified atom stereocenters. The van der Waals surface area contributed by atoms with Gasteiger partial charge in [0, 0.05) is 28.9 Å². The Bertz CT molecular complexity index is 520. The lowest BCUT2D eigenvalue weighted by Crippen LogP contribution is -2.43. The van der Waals surface area contributed by atoms with Gasteiger partial charge in [0.2, 0.25) is 10.0 Å². The fourth-order valence-corrected chi connectivity index (χ4v) is 5.73. The third-order valence-electron chi connectivity index (χ3n) is 3.10. The minimum Gasteiger partial charge on any atom is -0.207 e. The molecule has 2 rings (SSSR count). The Hall–Kier alpha value is -0.0400. The zero-order valence-electron chi connectivity index (χ0n) is 11.0. The molecule has 1 saturated heterocycles. The van der Waals surface area contributed by atoms with Crippen molar-refractivity contribution in [1.29, 1.82) is 0 Å². The van der Waals surface area contributed by atoms with E-state index in [4.69, 9.17) is 0 Å². The molecule has 19 heavy (non-hydrogen) atoms. The third kappa shape index (κ3) is 3.54. The zero-order chi connectivity index (χ0) is 14.0. The molecule has 0 aromatic heterocycles. The number of hydrogen-bond donors (Lipinski definition) is 0. The minimum absolute atomic E-state index is 0.348. The summed E-state index contributed by atoms with van der Waals surface area (Å²) >= 11 is 5.21. The van der Waals surface area contributed by atoms with E-state index in [1.165, 1.54) is 0 Å². The first-order valence-electron chi connectivity index (χ1n) is 6.24. The van der Waals surface area contributed by atoms with Crippen molar-refractivity contribution < 1.29 is 8.42 Å². The molecule has 3 nitrogen and oxygen atoms in total. The quantitative estimate of drug-likeness (QED) is 0.774. The third-order valence-corrected chi connectivity index (χ3v) is 6.82. The number of hydrogen-bond acceptors (Lipinski definition) is 3. The minimum atomic E-state index is -3.35. The van der Waals surface area contributed by atoms with Crippen LogP contribution in [0, 0.1) is 0 Å². The zero-order valence-corrected chi connectivity index (χ0v) is 14.3. The van der Waals surface area contributed by atoms with E-state index in [1.54, 1.807) is 16.4 Å². The molecule has 0 bridgehead atoms. The molecule has 0 aliphatic carbocycles. The van der Waals surface area contributed by atoms with Gasteiger partial charge in [-0.15, -0.1) is 0 Å². The number of benzene rings is 1. The number of thioether (sulfide) groups is 1. The molecule has 0 N–H and O–H groups in total. The topological polar surface area (TPSA) is 37.4 Å². The van der Waals surface area contributed by atoms with Crippen LogP contribution in [0.3, 0.4) is 0 Å². The average molecular weight is 364 g/mol. The molecular weight excluding hydrogens is 346 g/mol. The summed E-state index contributed by atoms with van der Waals surface area (Å²) in [5, 5.41) is 1.43. The van der Waals surface area contributed by atoms with Gasteiger partial charge in [-0.1, -0.05) is 41.9 Å². The second-order valence-electron chi connectivity index (χ2n) is 4.86. The normalized spacial score (nSPS) is 25.4. The fraction of sp³-hybridized carbons (Fsp3) is 0.538. The van der Waals surface area contributed by atoms with E-state index < -0.39 is 10.0 Å². The molecule has 106 valence electrons. The summed E-state index contributed by atoms with van der Waals surface area (Å²) in [5.74, 6) is 0. The van der Waals surface area contributed by atoms with E-state index in [0.717, 1.165) is 10.9 Å². The summed E-state index contributed by atoms with van der Waals surface area (Å²) in [6, 6.07) is 7.10. The van der Waals surface area contributed by atoms with Gasteiger partial charge < -0.3 is 0 Å². The molecule has 0 saturated carbocycles. The molecule has 1 aliphatic rings. The number of halogens is 1. The van der Waals surface area contributed by atoms with Crippen molar-refractivity contribution >= 4 is 37.7 Å². The number of nitrogens with zero attached hydrogens (tertiary/aromatic N) is 1. The summed E-state index contributed by atoms with van der Waals surface area (Å²) in [5.41, 5.74) is 1.08. The summed E-state index contributed by atoms with van der Waals surface area (Å²) in [4.78, 5) is 0.392. The monoisotopic (exact) mass is 363 g/mol. The van der Waals surface area contributed by atoms with E-state index in [0.29, 0.717) is 28.5 Å². The maximum absolute atomic E-state index is 12.6. The van der Waals surface area contributed by atoms with Crippen LogP contribution in [-0.4, -0.2) is 36.3 Å². The predicted octanol–water partition coefficient (Wildman–Crippen LogP) is 3.10. The van der Waals surface area contributed by atoms with Crippen LogP contribution in [0.1, 0.15) is 19.4 Å². The van der Waals surface area contributed by atoms with Crippen LogP contribution in [0.25, 0.3) is 0 Å². The SMILES string of the molecule is CC1CN(S(=O)(=O)c2ccc(CBr)cc2)CC(C)S1. The van der Waals surface area contributed by atoms with Crippen LogP contribution in [-0.2, 0) is 15.4 Å². The first-order chi connectivity index (χ1) is 8.93. The molecule has 0 spiro atoms. The molecular formula is C13H18BrNO2S2. The lowest BCUT2D eigenvalue weighted by Gasteiger charge is -2.33. The summed E-state index contributed by atoms with van der Waals surface area (Å²) < 4.78 is 26.8. The molecule has 1 aromatic carbocycles. The van der Waals surface area contributed by atoms with Crippen LogP contribution in [0.2, 0.25) is 0 Å². The molecule has 1 aromatic rings. The van der Waals surface area contributed by atoms with E-state index in [9.17, 15) is 8.42 Å². The Morgan fingerprint density at radius 2 is 1.74 bits per heavy atom. The molecule has 0 radical (unpaired) electrons. The number of alkyl halides is 1. The molecule has 1 fully saturated rings. The van der Waals surface area contributed by atoms with Crippen molar-refractivity contribution in [2.75, 3.05) is 13.1 Å². The smallest absolute Gasteiger partial charge is 0.207 e. The predicted molar refractivity (Wildman–Crippen MR) is 84.3 cm³/mol. The highest BCUT2D eigenvalue weighted by Crippen LogP contribution is 2.28. The Morgan fingerprint density at radius 3 is 2.21 bits per heavy atom.